The zero-order valence-corrected chi connectivity index (χ0v) is 20.5. The number of benzene rings is 3. The van der Waals surface area contributed by atoms with Gasteiger partial charge in [0.15, 0.2) is 0 Å². The zero-order valence-electron chi connectivity index (χ0n) is 19.7. The fraction of sp³-hybridized carbons (Fsp3) is 0.296. The third kappa shape index (κ3) is 5.25. The predicted octanol–water partition coefficient (Wildman–Crippen LogP) is 4.07. The van der Waals surface area contributed by atoms with E-state index in [2.05, 4.69) is 28.4 Å². The second kappa shape index (κ2) is 10.3. The number of anilines is 2. The quantitative estimate of drug-likeness (QED) is 0.472. The number of sulfonamides is 1. The summed E-state index contributed by atoms with van der Waals surface area (Å²) >= 11 is 0. The van der Waals surface area contributed by atoms with Crippen LogP contribution in [0.3, 0.4) is 0 Å². The van der Waals surface area contributed by atoms with Gasteiger partial charge in [0.2, 0.25) is 5.91 Å². The van der Waals surface area contributed by atoms with Gasteiger partial charge >= 0.3 is 0 Å². The van der Waals surface area contributed by atoms with E-state index >= 15 is 0 Å². The van der Waals surface area contributed by atoms with Gasteiger partial charge in [-0.05, 0) is 62.1 Å². The summed E-state index contributed by atoms with van der Waals surface area (Å²) in [5.41, 5.74) is 4.98. The first kappa shape index (κ1) is 23.8. The molecule has 34 heavy (non-hydrogen) atoms. The number of rotatable bonds is 9. The number of para-hydroxylation sites is 1. The molecule has 1 aliphatic rings. The summed E-state index contributed by atoms with van der Waals surface area (Å²) < 4.78 is 28.1. The second-order valence-electron chi connectivity index (χ2n) is 8.68. The van der Waals surface area contributed by atoms with Crippen molar-refractivity contribution in [3.05, 3.63) is 89.5 Å². The van der Waals surface area contributed by atoms with E-state index < -0.39 is 10.0 Å². The molecule has 0 aromatic heterocycles. The normalized spacial score (nSPS) is 12.9. The summed E-state index contributed by atoms with van der Waals surface area (Å²) in [6, 6.07) is 22.2. The highest BCUT2D eigenvalue weighted by Gasteiger charge is 2.28. The van der Waals surface area contributed by atoms with Crippen molar-refractivity contribution >= 4 is 27.3 Å². The molecule has 0 radical (unpaired) electrons. The van der Waals surface area contributed by atoms with Gasteiger partial charge in [-0.15, -0.1) is 0 Å². The number of hydrogen-bond donors (Lipinski definition) is 1. The minimum atomic E-state index is -3.90. The predicted molar refractivity (Wildman–Crippen MR) is 137 cm³/mol. The number of nitrogens with one attached hydrogen (secondary N) is 1. The Hall–Kier alpha value is -3.32. The van der Waals surface area contributed by atoms with Crippen LogP contribution in [0.2, 0.25) is 0 Å². The van der Waals surface area contributed by atoms with Crippen LogP contribution in [0.25, 0.3) is 0 Å². The fourth-order valence-corrected chi connectivity index (χ4v) is 5.93. The number of carbonyl (C=O) groups excluding carboxylic acids is 1. The second-order valence-corrected chi connectivity index (χ2v) is 10.5. The Labute approximate surface area is 202 Å². The third-order valence-electron chi connectivity index (χ3n) is 6.15. The molecular weight excluding hydrogens is 446 g/mol. The molecule has 0 atom stereocenters. The Morgan fingerprint density at radius 1 is 1.00 bits per heavy atom. The molecule has 3 aromatic rings. The SMILES string of the molecule is Cc1ccc(N(CC(=O)NCCCN2CCc3ccccc32)S(=O)(=O)c2ccccc2)c(C)c1. The summed E-state index contributed by atoms with van der Waals surface area (Å²) in [6.45, 7) is 5.88. The van der Waals surface area contributed by atoms with Crippen LogP contribution in [0.4, 0.5) is 11.4 Å². The van der Waals surface area contributed by atoms with Crippen molar-refractivity contribution < 1.29 is 13.2 Å². The molecule has 7 heteroatoms. The van der Waals surface area contributed by atoms with Crippen molar-refractivity contribution in [1.29, 1.82) is 0 Å². The zero-order chi connectivity index (χ0) is 24.1. The van der Waals surface area contributed by atoms with Crippen molar-refractivity contribution in [2.45, 2.75) is 31.6 Å². The monoisotopic (exact) mass is 477 g/mol. The van der Waals surface area contributed by atoms with Gasteiger partial charge in [-0.25, -0.2) is 8.42 Å². The minimum Gasteiger partial charge on any atom is -0.371 e. The Kier molecular flexibility index (Phi) is 7.22. The molecule has 0 saturated heterocycles. The van der Waals surface area contributed by atoms with Gasteiger partial charge < -0.3 is 10.2 Å². The molecule has 0 aliphatic carbocycles. The van der Waals surface area contributed by atoms with Gasteiger partial charge in [-0.1, -0.05) is 54.1 Å². The van der Waals surface area contributed by atoms with Gasteiger partial charge in [-0.3, -0.25) is 9.10 Å². The molecule has 178 valence electrons. The highest BCUT2D eigenvalue weighted by Crippen LogP contribution is 2.28. The Bertz CT molecular complexity index is 1260. The van der Waals surface area contributed by atoms with E-state index in [1.807, 2.05) is 32.0 Å². The summed E-state index contributed by atoms with van der Waals surface area (Å²) in [5.74, 6) is -0.318. The summed E-state index contributed by atoms with van der Waals surface area (Å²) in [7, 11) is -3.90. The molecule has 6 nitrogen and oxygen atoms in total. The lowest BCUT2D eigenvalue weighted by Crippen LogP contribution is -2.41. The van der Waals surface area contributed by atoms with E-state index in [4.69, 9.17) is 0 Å². The van der Waals surface area contributed by atoms with E-state index in [0.717, 1.165) is 37.1 Å². The Balaban J connectivity index is 1.42. The number of nitrogens with zero attached hydrogens (tertiary/aromatic N) is 2. The topological polar surface area (TPSA) is 69.7 Å². The maximum Gasteiger partial charge on any atom is 0.264 e. The van der Waals surface area contributed by atoms with E-state index in [-0.39, 0.29) is 17.3 Å². The molecule has 0 fully saturated rings. The lowest BCUT2D eigenvalue weighted by Gasteiger charge is -2.26. The maximum atomic E-state index is 13.5. The van der Waals surface area contributed by atoms with Crippen molar-refractivity contribution in [2.24, 2.45) is 0 Å². The molecule has 4 rings (SSSR count). The maximum absolute atomic E-state index is 13.5. The molecule has 1 amide bonds. The number of carbonyl (C=O) groups is 1. The highest BCUT2D eigenvalue weighted by atomic mass is 32.2. The number of amides is 1. The molecule has 1 heterocycles. The van der Waals surface area contributed by atoms with E-state index in [9.17, 15) is 13.2 Å². The van der Waals surface area contributed by atoms with Crippen LogP contribution in [-0.2, 0) is 21.2 Å². The third-order valence-corrected chi connectivity index (χ3v) is 7.92. The number of fused-ring (bicyclic) bond motifs is 1. The molecule has 3 aromatic carbocycles. The van der Waals surface area contributed by atoms with Crippen LogP contribution in [0.15, 0.2) is 77.7 Å². The van der Waals surface area contributed by atoms with E-state index in [1.54, 1.807) is 36.4 Å². The van der Waals surface area contributed by atoms with Crippen LogP contribution in [0.1, 0.15) is 23.1 Å². The van der Waals surface area contributed by atoms with Gasteiger partial charge in [-0.2, -0.15) is 0 Å². The molecule has 0 saturated carbocycles. The van der Waals surface area contributed by atoms with Crippen LogP contribution in [0, 0.1) is 13.8 Å². The minimum absolute atomic E-state index is 0.162. The lowest BCUT2D eigenvalue weighted by molar-refractivity contribution is -0.119. The summed E-state index contributed by atoms with van der Waals surface area (Å²) in [5, 5.41) is 2.91. The van der Waals surface area contributed by atoms with Gasteiger partial charge in [0.05, 0.1) is 10.6 Å². The molecule has 1 aliphatic heterocycles. The van der Waals surface area contributed by atoms with Crippen LogP contribution < -0.4 is 14.5 Å². The molecule has 0 spiro atoms. The number of aryl methyl sites for hydroxylation is 2. The van der Waals surface area contributed by atoms with Crippen molar-refractivity contribution in [3.8, 4) is 0 Å². The molecule has 1 N–H and O–H groups in total. The summed E-state index contributed by atoms with van der Waals surface area (Å²) in [4.78, 5) is 15.3. The average Bonchev–Trinajstić information content (AvgIpc) is 3.24. The molecule has 0 unspecified atom stereocenters. The number of hydrogen-bond acceptors (Lipinski definition) is 4. The van der Waals surface area contributed by atoms with Crippen molar-refractivity contribution in [2.75, 3.05) is 35.4 Å². The first-order chi connectivity index (χ1) is 16.4. The van der Waals surface area contributed by atoms with Crippen molar-refractivity contribution in [1.82, 2.24) is 5.32 Å². The smallest absolute Gasteiger partial charge is 0.264 e. The first-order valence-electron chi connectivity index (χ1n) is 11.6. The average molecular weight is 478 g/mol. The largest absolute Gasteiger partial charge is 0.371 e. The van der Waals surface area contributed by atoms with Crippen molar-refractivity contribution in [3.63, 3.8) is 0 Å². The van der Waals surface area contributed by atoms with E-state index in [1.165, 1.54) is 15.6 Å². The van der Waals surface area contributed by atoms with Crippen LogP contribution in [-0.4, -0.2) is 40.5 Å². The Morgan fingerprint density at radius 2 is 1.74 bits per heavy atom. The summed E-state index contributed by atoms with van der Waals surface area (Å²) in [6.07, 6.45) is 1.83. The van der Waals surface area contributed by atoms with Gasteiger partial charge in [0, 0.05) is 25.3 Å². The highest BCUT2D eigenvalue weighted by molar-refractivity contribution is 7.92. The first-order valence-corrected chi connectivity index (χ1v) is 13.0. The molecule has 0 bridgehead atoms. The Morgan fingerprint density at radius 3 is 2.50 bits per heavy atom. The standard InChI is InChI=1S/C27H31N3O3S/c1-21-13-14-25(22(2)19-21)30(34(32,33)24-10-4-3-5-11-24)20-27(31)28-16-8-17-29-18-15-23-9-6-7-12-26(23)29/h3-7,9-14,19H,8,15-18,20H2,1-2H3,(H,28,31). The van der Waals surface area contributed by atoms with Gasteiger partial charge in [0.25, 0.3) is 10.0 Å². The molecular formula is C27H31N3O3S. The van der Waals surface area contributed by atoms with Crippen LogP contribution in [0.5, 0.6) is 0 Å². The van der Waals surface area contributed by atoms with E-state index in [0.29, 0.717) is 12.2 Å². The van der Waals surface area contributed by atoms with Crippen LogP contribution >= 0.6 is 0 Å². The lowest BCUT2D eigenvalue weighted by atomic mass is 10.1. The van der Waals surface area contributed by atoms with Gasteiger partial charge in [0.1, 0.15) is 6.54 Å². The fourth-order valence-electron chi connectivity index (χ4n) is 4.43.